The summed E-state index contributed by atoms with van der Waals surface area (Å²) in [7, 11) is 0. The Morgan fingerprint density at radius 3 is 2.00 bits per heavy atom. The minimum atomic E-state index is -1.80. The number of ether oxygens (including phenoxy) is 5. The van der Waals surface area contributed by atoms with Crippen LogP contribution in [0.2, 0.25) is 0 Å². The third kappa shape index (κ3) is 5.02. The van der Waals surface area contributed by atoms with Crippen LogP contribution >= 0.6 is 0 Å². The Hall–Kier alpha value is -0.560. The van der Waals surface area contributed by atoms with Crippen molar-refractivity contribution in [2.24, 2.45) is 0 Å². The van der Waals surface area contributed by atoms with Gasteiger partial charge in [-0.15, -0.1) is 0 Å². The maximum Gasteiger partial charge on any atom is 0.187 e. The van der Waals surface area contributed by atoms with Gasteiger partial charge in [-0.25, -0.2) is 0 Å². The largest absolute Gasteiger partial charge is 0.394 e. The molecule has 3 rings (SSSR count). The Morgan fingerprint density at radius 2 is 1.35 bits per heavy atom. The molecule has 9 N–H and O–H groups in total. The van der Waals surface area contributed by atoms with Gasteiger partial charge in [0.2, 0.25) is 0 Å². The van der Waals surface area contributed by atoms with Crippen molar-refractivity contribution in [3.8, 4) is 0 Å². The summed E-state index contributed by atoms with van der Waals surface area (Å²) in [6, 6.07) is 0. The summed E-state index contributed by atoms with van der Waals surface area (Å²) in [6.07, 6.45) is -21.5. The highest BCUT2D eigenvalue weighted by Crippen LogP contribution is 2.31. The number of aliphatic hydroxyl groups excluding tert-OH is 9. The summed E-state index contributed by atoms with van der Waals surface area (Å²) in [5.74, 6) is 0. The maximum atomic E-state index is 10.5. The molecule has 0 spiro atoms. The number of hydrogen-bond acceptors (Lipinski definition) is 14. The molecule has 0 bridgehead atoms. The monoisotopic (exact) mass is 458 g/mol. The van der Waals surface area contributed by atoms with E-state index in [4.69, 9.17) is 23.7 Å². The van der Waals surface area contributed by atoms with Gasteiger partial charge in [0.05, 0.1) is 19.3 Å². The molecule has 0 radical (unpaired) electrons. The average Bonchev–Trinajstić information content (AvgIpc) is 2.74. The van der Waals surface area contributed by atoms with Gasteiger partial charge in [-0.3, -0.25) is 0 Å². The Balaban J connectivity index is 1.78. The van der Waals surface area contributed by atoms with Crippen molar-refractivity contribution in [1.29, 1.82) is 0 Å². The van der Waals surface area contributed by atoms with Crippen LogP contribution in [-0.2, 0) is 23.7 Å². The molecule has 0 unspecified atom stereocenters. The fourth-order valence-corrected chi connectivity index (χ4v) is 3.69. The van der Waals surface area contributed by atoms with E-state index in [-0.39, 0.29) is 0 Å². The van der Waals surface area contributed by atoms with E-state index >= 15 is 0 Å². The van der Waals surface area contributed by atoms with E-state index in [9.17, 15) is 46.0 Å². The molecule has 0 amide bonds. The molecule has 31 heavy (non-hydrogen) atoms. The first kappa shape index (κ1) is 25.1. The minimum Gasteiger partial charge on any atom is -0.394 e. The lowest BCUT2D eigenvalue weighted by atomic mass is 9.97. The zero-order chi connectivity index (χ0) is 23.0. The van der Waals surface area contributed by atoms with Crippen LogP contribution in [-0.4, -0.2) is 145 Å². The van der Waals surface area contributed by atoms with Crippen LogP contribution in [0, 0.1) is 0 Å². The van der Waals surface area contributed by atoms with Crippen molar-refractivity contribution in [3.05, 3.63) is 0 Å². The molecule has 0 aliphatic carbocycles. The van der Waals surface area contributed by atoms with E-state index in [1.807, 2.05) is 0 Å². The van der Waals surface area contributed by atoms with Crippen molar-refractivity contribution in [1.82, 2.24) is 0 Å². The number of hydrogen-bond donors (Lipinski definition) is 9. The molecule has 0 saturated carbocycles. The predicted molar refractivity (Wildman–Crippen MR) is 93.8 cm³/mol. The van der Waals surface area contributed by atoms with E-state index in [1.165, 1.54) is 6.92 Å². The van der Waals surface area contributed by atoms with Gasteiger partial charge >= 0.3 is 0 Å². The van der Waals surface area contributed by atoms with Gasteiger partial charge in [0, 0.05) is 0 Å². The van der Waals surface area contributed by atoms with E-state index in [0.29, 0.717) is 0 Å². The van der Waals surface area contributed by atoms with E-state index in [1.54, 1.807) is 0 Å². The third-order valence-corrected chi connectivity index (χ3v) is 5.66. The second-order valence-corrected chi connectivity index (χ2v) is 7.87. The lowest BCUT2D eigenvalue weighted by molar-refractivity contribution is -0.379. The first-order valence-electron chi connectivity index (χ1n) is 9.85. The lowest BCUT2D eigenvalue weighted by Gasteiger charge is -2.47. The van der Waals surface area contributed by atoms with Crippen molar-refractivity contribution in [3.63, 3.8) is 0 Å². The van der Waals surface area contributed by atoms with Gasteiger partial charge in [-0.2, -0.15) is 0 Å². The molecule has 14 heteroatoms. The zero-order valence-electron chi connectivity index (χ0n) is 16.6. The summed E-state index contributed by atoms with van der Waals surface area (Å²) in [6.45, 7) is 0.323. The molecule has 0 aromatic carbocycles. The average molecular weight is 458 g/mol. The van der Waals surface area contributed by atoms with Gasteiger partial charge in [0.25, 0.3) is 0 Å². The van der Waals surface area contributed by atoms with Crippen molar-refractivity contribution in [2.45, 2.75) is 92.9 Å². The van der Waals surface area contributed by atoms with E-state index in [0.717, 1.165) is 0 Å². The van der Waals surface area contributed by atoms with Gasteiger partial charge in [-0.1, -0.05) is 0 Å². The molecule has 14 nitrogen and oxygen atoms in total. The first-order valence-corrected chi connectivity index (χ1v) is 9.85. The molecule has 0 aromatic heterocycles. The smallest absolute Gasteiger partial charge is 0.187 e. The van der Waals surface area contributed by atoms with Crippen LogP contribution < -0.4 is 0 Å². The Labute approximate surface area is 176 Å². The van der Waals surface area contributed by atoms with Gasteiger partial charge in [0.15, 0.2) is 18.9 Å². The van der Waals surface area contributed by atoms with Crippen LogP contribution in [0.15, 0.2) is 0 Å². The minimum absolute atomic E-state index is 0.390. The molecule has 0 aromatic rings. The van der Waals surface area contributed by atoms with Crippen LogP contribution in [0.1, 0.15) is 6.92 Å². The second-order valence-electron chi connectivity index (χ2n) is 7.87. The summed E-state index contributed by atoms with van der Waals surface area (Å²) in [5.41, 5.74) is 0. The molecular weight excluding hydrogens is 428 g/mol. The van der Waals surface area contributed by atoms with Crippen molar-refractivity contribution < 1.29 is 69.6 Å². The molecule has 3 aliphatic rings. The van der Waals surface area contributed by atoms with E-state index < -0.39 is 99.2 Å². The third-order valence-electron chi connectivity index (χ3n) is 5.66. The van der Waals surface area contributed by atoms with Gasteiger partial charge in [-0.05, 0) is 6.92 Å². The van der Waals surface area contributed by atoms with E-state index in [2.05, 4.69) is 0 Å². The molecular formula is C17H30O14. The molecule has 14 atom stereocenters. The Kier molecular flexibility index (Phi) is 8.21. The quantitative estimate of drug-likeness (QED) is 0.187. The van der Waals surface area contributed by atoms with Crippen LogP contribution in [0.3, 0.4) is 0 Å². The standard InChI is InChI=1S/C17H30O14/c1-4-7(20)10(23)14(31-16-11(24)8(21)5(19)3-27-16)17(28-4)30-13-9(22)6(2-18)29-15(26)12(13)25/h4-26H,2-3H2,1H3/t4-,5+,6-,7-,8+,9-,10+,11-,12-,13+,14+,15-,16+,17-/m1/s1. The SMILES string of the molecule is C[C@H]1O[C@H](O[C@@H]2[C@@H](O)[C@H](O)O[C@H](CO)[C@H]2O)[C@@H](O[C@@H]2OC[C@H](O)[C@H](O)[C@H]2O)[C@@H](O)[C@@H]1O. The summed E-state index contributed by atoms with van der Waals surface area (Å²) in [5, 5.41) is 89.8. The highest BCUT2D eigenvalue weighted by atomic mass is 16.8. The molecule has 3 saturated heterocycles. The van der Waals surface area contributed by atoms with Gasteiger partial charge in [0.1, 0.15) is 61.0 Å². The fraction of sp³-hybridized carbons (Fsp3) is 1.00. The van der Waals surface area contributed by atoms with Crippen molar-refractivity contribution >= 4 is 0 Å². The molecule has 3 fully saturated rings. The molecule has 182 valence electrons. The Bertz CT molecular complexity index is 581. The fourth-order valence-electron chi connectivity index (χ4n) is 3.69. The highest BCUT2D eigenvalue weighted by molar-refractivity contribution is 4.94. The molecule has 3 heterocycles. The lowest BCUT2D eigenvalue weighted by Crippen LogP contribution is -2.65. The summed E-state index contributed by atoms with van der Waals surface area (Å²) >= 11 is 0. The first-order chi connectivity index (χ1) is 14.6. The number of rotatable bonds is 5. The van der Waals surface area contributed by atoms with Gasteiger partial charge < -0.3 is 69.6 Å². The van der Waals surface area contributed by atoms with Crippen LogP contribution in [0.4, 0.5) is 0 Å². The van der Waals surface area contributed by atoms with Crippen LogP contribution in [0.25, 0.3) is 0 Å². The predicted octanol–water partition coefficient (Wildman–Crippen LogP) is -5.91. The summed E-state index contributed by atoms with van der Waals surface area (Å²) < 4.78 is 26.6. The Morgan fingerprint density at radius 1 is 0.710 bits per heavy atom. The second kappa shape index (κ2) is 10.1. The normalized spacial score (nSPS) is 54.0. The maximum absolute atomic E-state index is 10.5. The molecule has 3 aliphatic heterocycles. The topological polar surface area (TPSA) is 228 Å². The highest BCUT2D eigenvalue weighted by Gasteiger charge is 2.52. The van der Waals surface area contributed by atoms with Crippen LogP contribution in [0.5, 0.6) is 0 Å². The zero-order valence-corrected chi connectivity index (χ0v) is 16.6. The van der Waals surface area contributed by atoms with Crippen molar-refractivity contribution in [2.75, 3.05) is 13.2 Å². The summed E-state index contributed by atoms with van der Waals surface area (Å²) in [4.78, 5) is 0. The number of aliphatic hydroxyl groups is 9.